The van der Waals surface area contributed by atoms with Crippen LogP contribution in [0.2, 0.25) is 5.02 Å². The highest BCUT2D eigenvalue weighted by Crippen LogP contribution is 2.31. The number of anilines is 1. The van der Waals surface area contributed by atoms with Crippen LogP contribution in [-0.4, -0.2) is 22.2 Å². The minimum Gasteiger partial charge on any atom is -0.274 e. The Labute approximate surface area is 159 Å². The number of amidine groups is 1. The number of benzene rings is 2. The third-order valence-electron chi connectivity index (χ3n) is 3.61. The lowest BCUT2D eigenvalue weighted by Crippen LogP contribution is -2.32. The highest BCUT2D eigenvalue weighted by Gasteiger charge is 2.40. The van der Waals surface area contributed by atoms with E-state index in [1.54, 1.807) is 54.7 Å². The second-order valence-electron chi connectivity index (χ2n) is 5.32. The van der Waals surface area contributed by atoms with E-state index >= 15 is 0 Å². The van der Waals surface area contributed by atoms with Crippen molar-refractivity contribution in [2.75, 3.05) is 4.90 Å². The molecule has 2 aromatic rings. The van der Waals surface area contributed by atoms with Crippen molar-refractivity contribution in [2.45, 2.75) is 11.7 Å². The van der Waals surface area contributed by atoms with Crippen LogP contribution in [0.1, 0.15) is 6.42 Å². The molecule has 0 radical (unpaired) electrons. The van der Waals surface area contributed by atoms with Crippen molar-refractivity contribution < 1.29 is 9.59 Å². The quantitative estimate of drug-likeness (QED) is 0.288. The lowest BCUT2D eigenvalue weighted by atomic mass is 10.3. The highest BCUT2D eigenvalue weighted by molar-refractivity contribution is 8.15. The van der Waals surface area contributed by atoms with Gasteiger partial charge in [-0.2, -0.15) is 5.26 Å². The average molecular weight is 385 g/mol. The van der Waals surface area contributed by atoms with Gasteiger partial charge < -0.3 is 0 Å². The van der Waals surface area contributed by atoms with Crippen LogP contribution in [-0.2, 0) is 9.59 Å². The second-order valence-corrected chi connectivity index (χ2v) is 6.92. The molecule has 0 aromatic heterocycles. The van der Waals surface area contributed by atoms with Crippen molar-refractivity contribution in [1.82, 2.24) is 5.32 Å². The van der Waals surface area contributed by atoms with Gasteiger partial charge in [-0.05, 0) is 24.3 Å². The first-order valence-electron chi connectivity index (χ1n) is 7.67. The Bertz CT molecular complexity index is 911. The number of carbonyl (C=O) groups excluding carboxylic acids is 2. The molecule has 0 aliphatic carbocycles. The van der Waals surface area contributed by atoms with Gasteiger partial charge in [0, 0.05) is 6.42 Å². The van der Waals surface area contributed by atoms with Gasteiger partial charge in [0.1, 0.15) is 5.25 Å². The number of nitrogens with one attached hydrogen (secondary N) is 1. The normalized spacial score (nSPS) is 17.3. The minimum absolute atomic E-state index is 0.0348. The molecule has 1 N–H and O–H groups in total. The Kier molecular flexibility index (Phi) is 5.56. The highest BCUT2D eigenvalue weighted by atomic mass is 35.5. The van der Waals surface area contributed by atoms with E-state index in [1.807, 2.05) is 6.07 Å². The molecule has 1 atom stereocenters. The van der Waals surface area contributed by atoms with Crippen LogP contribution in [0.15, 0.2) is 59.6 Å². The summed E-state index contributed by atoms with van der Waals surface area (Å²) in [6.45, 7) is 0. The van der Waals surface area contributed by atoms with Gasteiger partial charge in [0.25, 0.3) is 0 Å². The molecule has 1 aliphatic rings. The number of thioether (sulfide) groups is 1. The molecule has 0 bridgehead atoms. The summed E-state index contributed by atoms with van der Waals surface area (Å²) < 4.78 is 0. The van der Waals surface area contributed by atoms with Gasteiger partial charge in [-0.25, -0.2) is 9.89 Å². The van der Waals surface area contributed by atoms with E-state index in [4.69, 9.17) is 16.9 Å². The number of rotatable bonds is 3. The zero-order chi connectivity index (χ0) is 18.5. The molecule has 0 unspecified atom stereocenters. The van der Waals surface area contributed by atoms with Gasteiger partial charge in [-0.15, -0.1) is 0 Å². The fourth-order valence-electron chi connectivity index (χ4n) is 2.46. The number of carbonyl (C=O) groups is 2. The van der Waals surface area contributed by atoms with E-state index < -0.39 is 5.25 Å². The molecule has 0 spiro atoms. The average Bonchev–Trinajstić information content (AvgIpc) is 2.91. The number of hydrogen-bond donors (Lipinski definition) is 1. The summed E-state index contributed by atoms with van der Waals surface area (Å²) in [6, 6.07) is 15.6. The van der Waals surface area contributed by atoms with Crippen molar-refractivity contribution in [3.63, 3.8) is 0 Å². The predicted octanol–water partition coefficient (Wildman–Crippen LogP) is 3.46. The summed E-state index contributed by atoms with van der Waals surface area (Å²) in [4.78, 5) is 30.4. The smallest absolute Gasteiger partial charge is 0.247 e. The molecular weight excluding hydrogens is 372 g/mol. The molecule has 8 heteroatoms. The van der Waals surface area contributed by atoms with Crippen LogP contribution < -0.4 is 10.2 Å². The van der Waals surface area contributed by atoms with Crippen LogP contribution in [0.4, 0.5) is 11.4 Å². The first-order valence-corrected chi connectivity index (χ1v) is 8.92. The lowest BCUT2D eigenvalue weighted by Gasteiger charge is -2.14. The van der Waals surface area contributed by atoms with E-state index in [9.17, 15) is 9.59 Å². The van der Waals surface area contributed by atoms with E-state index in [0.29, 0.717) is 16.4 Å². The van der Waals surface area contributed by atoms with E-state index in [-0.39, 0.29) is 23.4 Å². The third-order valence-corrected chi connectivity index (χ3v) is 5.00. The molecule has 26 heavy (non-hydrogen) atoms. The Balaban J connectivity index is 1.82. The van der Waals surface area contributed by atoms with Gasteiger partial charge >= 0.3 is 0 Å². The maximum absolute atomic E-state index is 12.7. The molecule has 6 nitrogen and oxygen atoms in total. The first-order chi connectivity index (χ1) is 12.6. The topological polar surface area (TPSA) is 85.6 Å². The lowest BCUT2D eigenvalue weighted by molar-refractivity contribution is -0.121. The van der Waals surface area contributed by atoms with Crippen LogP contribution in [0.25, 0.3) is 0 Å². The Hall–Kier alpha value is -2.82. The van der Waals surface area contributed by atoms with Gasteiger partial charge in [0.05, 0.1) is 16.4 Å². The zero-order valence-corrected chi connectivity index (χ0v) is 15.0. The van der Waals surface area contributed by atoms with Gasteiger partial charge in [0.15, 0.2) is 11.4 Å². The maximum atomic E-state index is 12.7. The molecule has 1 saturated heterocycles. The minimum atomic E-state index is -0.662. The van der Waals surface area contributed by atoms with Crippen molar-refractivity contribution in [3.8, 4) is 6.19 Å². The molecular formula is C18H13ClN4O2S. The van der Waals surface area contributed by atoms with Crippen molar-refractivity contribution in [1.29, 1.82) is 5.26 Å². The second kappa shape index (κ2) is 8.04. The predicted molar refractivity (Wildman–Crippen MR) is 102 cm³/mol. The number of aliphatic imine (C=N–C) groups is 1. The summed E-state index contributed by atoms with van der Waals surface area (Å²) in [5, 5.41) is 11.4. The van der Waals surface area contributed by atoms with Crippen LogP contribution >= 0.6 is 23.4 Å². The van der Waals surface area contributed by atoms with Crippen LogP contribution in [0.5, 0.6) is 0 Å². The van der Waals surface area contributed by atoms with Crippen molar-refractivity contribution in [3.05, 3.63) is 59.6 Å². The fourth-order valence-corrected chi connectivity index (χ4v) is 3.60. The monoisotopic (exact) mass is 384 g/mol. The number of imide groups is 1. The van der Waals surface area contributed by atoms with Crippen molar-refractivity contribution in [2.24, 2.45) is 4.99 Å². The van der Waals surface area contributed by atoms with Gasteiger partial charge in [-0.1, -0.05) is 53.7 Å². The molecule has 2 aromatic carbocycles. The molecule has 1 heterocycles. The Morgan fingerprint density at radius 2 is 1.88 bits per heavy atom. The van der Waals surface area contributed by atoms with Gasteiger partial charge in [-0.3, -0.25) is 14.9 Å². The number of nitriles is 1. The number of nitrogens with zero attached hydrogens (tertiary/aromatic N) is 3. The van der Waals surface area contributed by atoms with Gasteiger partial charge in [0.2, 0.25) is 11.8 Å². The fraction of sp³-hybridized carbons (Fsp3) is 0.111. The molecule has 1 aliphatic heterocycles. The number of amides is 2. The molecule has 130 valence electrons. The van der Waals surface area contributed by atoms with E-state index in [2.05, 4.69) is 10.3 Å². The summed E-state index contributed by atoms with van der Waals surface area (Å²) in [5.74, 6) is -0.620. The first kappa shape index (κ1) is 18.0. The third kappa shape index (κ3) is 3.87. The molecule has 0 saturated carbocycles. The summed E-state index contributed by atoms with van der Waals surface area (Å²) >= 11 is 7.12. The summed E-state index contributed by atoms with van der Waals surface area (Å²) in [5.41, 5.74) is 1.000. The molecule has 1 fully saturated rings. The summed E-state index contributed by atoms with van der Waals surface area (Å²) in [7, 11) is 0. The number of hydrogen-bond acceptors (Lipinski definition) is 5. The number of halogens is 1. The number of para-hydroxylation sites is 2. The zero-order valence-electron chi connectivity index (χ0n) is 13.4. The molecule has 3 rings (SSSR count). The molecule has 2 amide bonds. The van der Waals surface area contributed by atoms with E-state index in [0.717, 1.165) is 16.7 Å². The van der Waals surface area contributed by atoms with E-state index in [1.165, 1.54) is 0 Å². The maximum Gasteiger partial charge on any atom is 0.247 e. The Morgan fingerprint density at radius 3 is 2.58 bits per heavy atom. The standard InChI is InChI=1S/C18H13ClN4O2S/c19-13-8-4-5-9-14(13)22-18(21-11-20)26-15-10-16(24)23(17(15)25)12-6-2-1-3-7-12/h1-9,15H,10H2,(H,21,22)/t15-/m0/s1. The van der Waals surface area contributed by atoms with Crippen LogP contribution in [0.3, 0.4) is 0 Å². The SMILES string of the molecule is N#CNC(=Nc1ccccc1Cl)S[C@H]1CC(=O)N(c2ccccc2)C1=O. The summed E-state index contributed by atoms with van der Waals surface area (Å²) in [6.07, 6.45) is 1.83. The largest absolute Gasteiger partial charge is 0.274 e. The van der Waals surface area contributed by atoms with Crippen LogP contribution in [0, 0.1) is 11.5 Å². The Morgan fingerprint density at radius 1 is 1.19 bits per heavy atom. The van der Waals surface area contributed by atoms with Crippen molar-refractivity contribution >= 4 is 51.7 Å².